The van der Waals surface area contributed by atoms with Crippen molar-refractivity contribution in [1.82, 2.24) is 4.72 Å². The molecule has 1 aliphatic rings. The molecule has 1 aliphatic heterocycles. The molecule has 2 aromatic rings. The van der Waals surface area contributed by atoms with Gasteiger partial charge in [-0.25, -0.2) is 13.2 Å². The number of ether oxygens (including phenoxy) is 2. The maximum atomic E-state index is 12.0. The van der Waals surface area contributed by atoms with E-state index in [1.807, 2.05) is 0 Å². The number of carbonyl (C=O) groups is 2. The molecule has 142 valence electrons. The fraction of sp³-hybridized carbons (Fsp3) is 0.235. The molecule has 1 N–H and O–H groups in total. The number of nitrogens with one attached hydrogen (secondary N) is 1. The van der Waals surface area contributed by atoms with Crippen LogP contribution in [0.4, 0.5) is 0 Å². The second-order valence-electron chi connectivity index (χ2n) is 5.49. The van der Waals surface area contributed by atoms with Crippen molar-refractivity contribution in [3.63, 3.8) is 0 Å². The van der Waals surface area contributed by atoms with Crippen LogP contribution in [-0.2, 0) is 30.9 Å². The zero-order valence-electron chi connectivity index (χ0n) is 14.3. The molecule has 0 unspecified atom stereocenters. The lowest BCUT2D eigenvalue weighted by atomic mass is 10.2. The van der Waals surface area contributed by atoms with Crippen LogP contribution in [0.5, 0.6) is 0 Å². The molecule has 0 amide bonds. The number of fused-ring (bicyclic) bond motifs is 1. The highest BCUT2D eigenvalue weighted by atomic mass is 32.2. The first-order valence-electron chi connectivity index (χ1n) is 7.89. The van der Waals surface area contributed by atoms with E-state index in [4.69, 9.17) is 9.15 Å². The summed E-state index contributed by atoms with van der Waals surface area (Å²) in [5, 5.41) is 0. The van der Waals surface area contributed by atoms with Crippen molar-refractivity contribution < 1.29 is 31.9 Å². The molecule has 27 heavy (non-hydrogen) atoms. The van der Waals surface area contributed by atoms with Crippen LogP contribution < -0.4 is 4.72 Å². The number of esters is 2. The Morgan fingerprint density at radius 2 is 2.00 bits per heavy atom. The van der Waals surface area contributed by atoms with Crippen LogP contribution in [0.1, 0.15) is 28.1 Å². The maximum absolute atomic E-state index is 12.0. The van der Waals surface area contributed by atoms with E-state index in [0.717, 1.165) is 0 Å². The van der Waals surface area contributed by atoms with E-state index in [9.17, 15) is 18.0 Å². The average Bonchev–Trinajstić information content (AvgIpc) is 3.22. The van der Waals surface area contributed by atoms with Crippen LogP contribution >= 0.6 is 0 Å². The number of furan rings is 1. The number of benzene rings is 1. The van der Waals surface area contributed by atoms with Crippen LogP contribution in [0.15, 0.2) is 50.9 Å². The van der Waals surface area contributed by atoms with Crippen molar-refractivity contribution in [2.24, 2.45) is 4.99 Å². The molecule has 1 aromatic heterocycles. The summed E-state index contributed by atoms with van der Waals surface area (Å²) in [6.07, 6.45) is 1.23. The van der Waals surface area contributed by atoms with E-state index in [0.29, 0.717) is 5.56 Å². The van der Waals surface area contributed by atoms with Gasteiger partial charge in [-0.15, -0.1) is 0 Å². The largest absolute Gasteiger partial charge is 0.465 e. The van der Waals surface area contributed by atoms with Crippen molar-refractivity contribution in [3.05, 3.63) is 53.5 Å². The van der Waals surface area contributed by atoms with Gasteiger partial charge in [0, 0.05) is 5.56 Å². The minimum absolute atomic E-state index is 0.0348. The summed E-state index contributed by atoms with van der Waals surface area (Å²) >= 11 is 0. The maximum Gasteiger partial charge on any atom is 0.341 e. The van der Waals surface area contributed by atoms with E-state index in [1.165, 1.54) is 25.5 Å². The number of hydrogen-bond acceptors (Lipinski definition) is 8. The number of sulfonamides is 1. The van der Waals surface area contributed by atoms with Crippen LogP contribution in [0.3, 0.4) is 0 Å². The molecule has 0 atom stereocenters. The SMILES string of the molecule is COC(=O)c1ccoc1COC(=O)CCN=C1NS(=O)(=O)c2ccccc21. The summed E-state index contributed by atoms with van der Waals surface area (Å²) < 4.78 is 41.1. The zero-order chi connectivity index (χ0) is 19.4. The molecule has 0 aliphatic carbocycles. The summed E-state index contributed by atoms with van der Waals surface area (Å²) in [4.78, 5) is 27.6. The fourth-order valence-corrected chi connectivity index (χ4v) is 3.72. The number of rotatable bonds is 6. The summed E-state index contributed by atoms with van der Waals surface area (Å²) in [7, 11) is -2.38. The van der Waals surface area contributed by atoms with Crippen LogP contribution in [-0.4, -0.2) is 39.8 Å². The van der Waals surface area contributed by atoms with Gasteiger partial charge in [0.15, 0.2) is 5.76 Å². The van der Waals surface area contributed by atoms with Crippen molar-refractivity contribution in [2.45, 2.75) is 17.9 Å². The Kier molecular flexibility index (Phi) is 5.26. The third-order valence-electron chi connectivity index (χ3n) is 3.76. The smallest absolute Gasteiger partial charge is 0.341 e. The first kappa shape index (κ1) is 18.6. The minimum atomic E-state index is -3.61. The molecule has 9 nitrogen and oxygen atoms in total. The number of aliphatic imine (C=N–C) groups is 1. The molecule has 0 saturated carbocycles. The Morgan fingerprint density at radius 1 is 1.22 bits per heavy atom. The quantitative estimate of drug-likeness (QED) is 0.733. The highest BCUT2D eigenvalue weighted by molar-refractivity contribution is 7.90. The van der Waals surface area contributed by atoms with Crippen molar-refractivity contribution in [3.8, 4) is 0 Å². The van der Waals surface area contributed by atoms with Crippen LogP contribution in [0, 0.1) is 0 Å². The van der Waals surface area contributed by atoms with Crippen LogP contribution in [0.25, 0.3) is 0 Å². The number of hydrogen-bond donors (Lipinski definition) is 1. The molecule has 0 fully saturated rings. The zero-order valence-corrected chi connectivity index (χ0v) is 15.1. The lowest BCUT2D eigenvalue weighted by Gasteiger charge is -2.04. The summed E-state index contributed by atoms with van der Waals surface area (Å²) in [6, 6.07) is 7.86. The second kappa shape index (κ2) is 7.62. The Labute approximate surface area is 155 Å². The van der Waals surface area contributed by atoms with E-state index in [1.54, 1.807) is 18.2 Å². The van der Waals surface area contributed by atoms with Crippen molar-refractivity contribution in [1.29, 1.82) is 0 Å². The molecular formula is C17H16N2O7S. The standard InChI is InChI=1S/C17H16N2O7S/c1-24-17(21)11-7-9-25-13(11)10-26-15(20)6-8-18-16-12-4-2-3-5-14(12)27(22,23)19-16/h2-5,7,9H,6,8,10H2,1H3,(H,18,19). The number of methoxy groups -OCH3 is 1. The van der Waals surface area contributed by atoms with Gasteiger partial charge in [-0.3, -0.25) is 14.5 Å². The Balaban J connectivity index is 1.56. The second-order valence-corrected chi connectivity index (χ2v) is 7.14. The Morgan fingerprint density at radius 3 is 2.78 bits per heavy atom. The normalized spacial score (nSPS) is 15.8. The Bertz CT molecular complexity index is 1010. The lowest BCUT2D eigenvalue weighted by Crippen LogP contribution is -2.22. The van der Waals surface area contributed by atoms with Gasteiger partial charge in [0.1, 0.15) is 18.0 Å². The molecule has 1 aromatic carbocycles. The number of amidine groups is 1. The van der Waals surface area contributed by atoms with E-state index in [-0.39, 0.29) is 41.6 Å². The van der Waals surface area contributed by atoms with Crippen molar-refractivity contribution in [2.75, 3.05) is 13.7 Å². The monoisotopic (exact) mass is 392 g/mol. The van der Waals surface area contributed by atoms with Crippen molar-refractivity contribution >= 4 is 27.8 Å². The molecular weight excluding hydrogens is 376 g/mol. The van der Waals surface area contributed by atoms with Gasteiger partial charge in [0.25, 0.3) is 10.0 Å². The third kappa shape index (κ3) is 4.00. The van der Waals surface area contributed by atoms with E-state index in [2.05, 4.69) is 14.5 Å². The van der Waals surface area contributed by atoms with Gasteiger partial charge in [-0.05, 0) is 18.2 Å². The van der Waals surface area contributed by atoms with Gasteiger partial charge in [-0.2, -0.15) is 0 Å². The molecule has 2 heterocycles. The molecule has 0 saturated heterocycles. The van der Waals surface area contributed by atoms with Gasteiger partial charge in [0.2, 0.25) is 0 Å². The van der Waals surface area contributed by atoms with Gasteiger partial charge in [-0.1, -0.05) is 12.1 Å². The van der Waals surface area contributed by atoms with Crippen LogP contribution in [0.2, 0.25) is 0 Å². The molecule has 0 spiro atoms. The summed E-state index contributed by atoms with van der Waals surface area (Å²) in [6.45, 7) is -0.185. The minimum Gasteiger partial charge on any atom is -0.465 e. The predicted molar refractivity (Wildman–Crippen MR) is 92.6 cm³/mol. The first-order chi connectivity index (χ1) is 12.9. The third-order valence-corrected chi connectivity index (χ3v) is 5.16. The summed E-state index contributed by atoms with van der Waals surface area (Å²) in [5.74, 6) is -0.787. The van der Waals surface area contributed by atoms with Gasteiger partial charge < -0.3 is 13.9 Å². The molecule has 0 radical (unpaired) electrons. The fourth-order valence-electron chi connectivity index (χ4n) is 2.47. The average molecular weight is 392 g/mol. The Hall–Kier alpha value is -3.14. The lowest BCUT2D eigenvalue weighted by molar-refractivity contribution is -0.145. The molecule has 0 bridgehead atoms. The van der Waals surface area contributed by atoms with E-state index >= 15 is 0 Å². The van der Waals surface area contributed by atoms with Gasteiger partial charge >= 0.3 is 11.9 Å². The first-order valence-corrected chi connectivity index (χ1v) is 9.37. The molecule has 10 heteroatoms. The topological polar surface area (TPSA) is 124 Å². The highest BCUT2D eigenvalue weighted by Gasteiger charge is 2.30. The molecule has 3 rings (SSSR count). The predicted octanol–water partition coefficient (Wildman–Crippen LogP) is 1.24. The van der Waals surface area contributed by atoms with Gasteiger partial charge in [0.05, 0.1) is 31.2 Å². The number of nitrogens with zero attached hydrogens (tertiary/aromatic N) is 1. The van der Waals surface area contributed by atoms with E-state index < -0.39 is 22.0 Å². The summed E-state index contributed by atoms with van der Waals surface area (Å²) in [5.41, 5.74) is 0.645. The highest BCUT2D eigenvalue weighted by Crippen LogP contribution is 2.22. The number of carbonyl (C=O) groups excluding carboxylic acids is 2.